The minimum Gasteiger partial charge on any atom is -0.353 e. The summed E-state index contributed by atoms with van der Waals surface area (Å²) in [6.45, 7) is 0.988. The lowest BCUT2D eigenvalue weighted by Gasteiger charge is -2.40. The van der Waals surface area contributed by atoms with Crippen LogP contribution in [0.5, 0.6) is 0 Å². The molecule has 0 bridgehead atoms. The molecule has 0 unspecified atom stereocenters. The molecule has 1 aromatic heterocycles. The lowest BCUT2D eigenvalue weighted by Crippen LogP contribution is -2.57. The van der Waals surface area contributed by atoms with Gasteiger partial charge >= 0.3 is 6.03 Å². The monoisotopic (exact) mass is 297 g/mol. The van der Waals surface area contributed by atoms with E-state index in [0.717, 1.165) is 10.7 Å². The van der Waals surface area contributed by atoms with Crippen LogP contribution in [0.3, 0.4) is 0 Å². The number of carbonyl (C=O) groups is 2. The van der Waals surface area contributed by atoms with Gasteiger partial charge in [0.15, 0.2) is 5.82 Å². The summed E-state index contributed by atoms with van der Waals surface area (Å²) in [4.78, 5) is 27.1. The number of anilines is 2. The molecule has 1 aliphatic heterocycles. The van der Waals surface area contributed by atoms with E-state index in [1.165, 1.54) is 0 Å². The third-order valence-corrected chi connectivity index (χ3v) is 3.57. The van der Waals surface area contributed by atoms with E-state index in [0.29, 0.717) is 18.8 Å². The van der Waals surface area contributed by atoms with Gasteiger partial charge in [0, 0.05) is 19.3 Å². The first kappa shape index (κ1) is 14.0. The van der Waals surface area contributed by atoms with Crippen molar-refractivity contribution in [1.29, 1.82) is 0 Å². The van der Waals surface area contributed by atoms with E-state index in [1.807, 2.05) is 17.0 Å². The maximum atomic E-state index is 12.5. The first-order valence-corrected chi connectivity index (χ1v) is 6.88. The van der Waals surface area contributed by atoms with Crippen molar-refractivity contribution in [3.05, 3.63) is 48.7 Å². The number of imide groups is 1. The second kappa shape index (κ2) is 5.80. The summed E-state index contributed by atoms with van der Waals surface area (Å²) >= 11 is 0. The molecule has 0 radical (unpaired) electrons. The number of aromatic nitrogens is 2. The molecule has 22 heavy (non-hydrogen) atoms. The first-order valence-electron chi connectivity index (χ1n) is 6.88. The highest BCUT2D eigenvalue weighted by atomic mass is 16.2. The number of carbonyl (C=O) groups excluding carboxylic acids is 2. The van der Waals surface area contributed by atoms with E-state index in [4.69, 9.17) is 5.73 Å². The van der Waals surface area contributed by atoms with Gasteiger partial charge in [0.25, 0.3) is 0 Å². The molecule has 3 rings (SSSR count). The Bertz CT molecular complexity index is 671. The zero-order chi connectivity index (χ0) is 15.5. The lowest BCUT2D eigenvalue weighted by molar-refractivity contribution is -0.122. The van der Waals surface area contributed by atoms with Gasteiger partial charge < -0.3 is 10.6 Å². The van der Waals surface area contributed by atoms with Crippen LogP contribution in [0.2, 0.25) is 0 Å². The highest BCUT2D eigenvalue weighted by Crippen LogP contribution is 2.25. The predicted octanol–water partition coefficient (Wildman–Crippen LogP) is 1.02. The summed E-state index contributed by atoms with van der Waals surface area (Å²) in [5.74, 6) is 0.144. The van der Waals surface area contributed by atoms with Gasteiger partial charge in [-0.15, -0.1) is 5.10 Å². The number of benzene rings is 1. The molecule has 1 aromatic carbocycles. The van der Waals surface area contributed by atoms with Crippen molar-refractivity contribution < 1.29 is 9.59 Å². The predicted molar refractivity (Wildman–Crippen MR) is 81.2 cm³/mol. The highest BCUT2D eigenvalue weighted by Gasteiger charge is 2.38. The summed E-state index contributed by atoms with van der Waals surface area (Å²) in [5.41, 5.74) is 5.85. The van der Waals surface area contributed by atoms with Crippen LogP contribution in [0.1, 0.15) is 0 Å². The van der Waals surface area contributed by atoms with Crippen molar-refractivity contribution in [3.8, 4) is 0 Å². The van der Waals surface area contributed by atoms with Crippen molar-refractivity contribution in [1.82, 2.24) is 10.2 Å². The van der Waals surface area contributed by atoms with Gasteiger partial charge in [-0.2, -0.15) is 5.10 Å². The number of primary amides is 1. The number of hydrogen-bond donors (Lipinski definition) is 1. The number of rotatable bonds is 3. The van der Waals surface area contributed by atoms with Crippen LogP contribution >= 0.6 is 0 Å². The molecular weight excluding hydrogens is 282 g/mol. The lowest BCUT2D eigenvalue weighted by atomic mass is 9.98. The average molecular weight is 297 g/mol. The van der Waals surface area contributed by atoms with Crippen LogP contribution in [0.4, 0.5) is 16.3 Å². The van der Waals surface area contributed by atoms with Gasteiger partial charge in [0.1, 0.15) is 0 Å². The Balaban J connectivity index is 1.70. The summed E-state index contributed by atoms with van der Waals surface area (Å²) in [6.07, 6.45) is 1.59. The normalized spacial score (nSPS) is 14.3. The Hall–Kier alpha value is -2.96. The van der Waals surface area contributed by atoms with E-state index in [2.05, 4.69) is 10.2 Å². The Morgan fingerprint density at radius 2 is 1.86 bits per heavy atom. The van der Waals surface area contributed by atoms with Crippen LogP contribution in [0, 0.1) is 5.92 Å². The zero-order valence-electron chi connectivity index (χ0n) is 11.8. The molecule has 7 heteroatoms. The first-order chi connectivity index (χ1) is 10.7. The summed E-state index contributed by atoms with van der Waals surface area (Å²) in [5, 5.41) is 7.80. The Labute approximate surface area is 127 Å². The van der Waals surface area contributed by atoms with Crippen LogP contribution in [0.25, 0.3) is 0 Å². The number of para-hydroxylation sites is 1. The SMILES string of the molecule is NC(=O)N(C(=O)C1CN(c2cccnn2)C1)c1ccccc1. The van der Waals surface area contributed by atoms with Gasteiger partial charge in [-0.1, -0.05) is 18.2 Å². The molecule has 2 heterocycles. The third-order valence-electron chi connectivity index (χ3n) is 3.57. The number of nitrogens with zero attached hydrogens (tertiary/aromatic N) is 4. The van der Waals surface area contributed by atoms with Crippen LogP contribution in [-0.4, -0.2) is 35.2 Å². The topological polar surface area (TPSA) is 92.4 Å². The quantitative estimate of drug-likeness (QED) is 0.913. The molecule has 0 saturated carbocycles. The van der Waals surface area contributed by atoms with Gasteiger partial charge in [-0.3, -0.25) is 4.79 Å². The Morgan fingerprint density at radius 3 is 2.45 bits per heavy atom. The number of hydrogen-bond acceptors (Lipinski definition) is 5. The molecule has 3 amide bonds. The molecule has 0 atom stereocenters. The Morgan fingerprint density at radius 1 is 1.14 bits per heavy atom. The second-order valence-corrected chi connectivity index (χ2v) is 5.03. The van der Waals surface area contributed by atoms with Gasteiger partial charge in [-0.25, -0.2) is 9.69 Å². The zero-order valence-corrected chi connectivity index (χ0v) is 11.8. The highest BCUT2D eigenvalue weighted by molar-refractivity contribution is 6.15. The summed E-state index contributed by atoms with van der Waals surface area (Å²) in [6, 6.07) is 11.5. The molecular formula is C15H15N5O2. The fourth-order valence-electron chi connectivity index (χ4n) is 2.41. The van der Waals surface area contributed by atoms with E-state index >= 15 is 0 Å². The number of urea groups is 1. The smallest absolute Gasteiger partial charge is 0.326 e. The van der Waals surface area contributed by atoms with Gasteiger partial charge in [0.05, 0.1) is 11.6 Å². The number of amides is 3. The van der Waals surface area contributed by atoms with Crippen LogP contribution < -0.4 is 15.5 Å². The largest absolute Gasteiger partial charge is 0.353 e. The molecule has 1 saturated heterocycles. The van der Waals surface area contributed by atoms with Crippen molar-refractivity contribution >= 4 is 23.4 Å². The van der Waals surface area contributed by atoms with E-state index < -0.39 is 6.03 Å². The standard InChI is InChI=1S/C15H15N5O2/c16-15(22)20(12-5-2-1-3-6-12)14(21)11-9-19(10-11)13-7-4-8-17-18-13/h1-8,11H,9-10H2,(H2,16,22). The van der Waals surface area contributed by atoms with Crippen LogP contribution in [-0.2, 0) is 4.79 Å². The molecule has 2 aromatic rings. The molecule has 1 aliphatic rings. The van der Waals surface area contributed by atoms with Crippen molar-refractivity contribution in [3.63, 3.8) is 0 Å². The van der Waals surface area contributed by atoms with Crippen molar-refractivity contribution in [2.45, 2.75) is 0 Å². The Kier molecular flexibility index (Phi) is 3.69. The fourth-order valence-corrected chi connectivity index (χ4v) is 2.41. The fraction of sp³-hybridized carbons (Fsp3) is 0.200. The maximum Gasteiger partial charge on any atom is 0.326 e. The maximum absolute atomic E-state index is 12.5. The minimum absolute atomic E-state index is 0.283. The van der Waals surface area contributed by atoms with Gasteiger partial charge in [0.2, 0.25) is 5.91 Å². The molecule has 7 nitrogen and oxygen atoms in total. The number of nitrogens with two attached hydrogens (primary N) is 1. The molecule has 2 N–H and O–H groups in total. The summed E-state index contributed by atoms with van der Waals surface area (Å²) < 4.78 is 0. The van der Waals surface area contributed by atoms with Crippen molar-refractivity contribution in [2.24, 2.45) is 11.7 Å². The molecule has 0 spiro atoms. The van der Waals surface area contributed by atoms with E-state index in [1.54, 1.807) is 36.5 Å². The molecule has 112 valence electrons. The molecule has 0 aliphatic carbocycles. The summed E-state index contributed by atoms with van der Waals surface area (Å²) in [7, 11) is 0. The molecule has 1 fully saturated rings. The van der Waals surface area contributed by atoms with Gasteiger partial charge in [-0.05, 0) is 24.3 Å². The third kappa shape index (κ3) is 2.60. The van der Waals surface area contributed by atoms with E-state index in [9.17, 15) is 9.59 Å². The van der Waals surface area contributed by atoms with Crippen molar-refractivity contribution in [2.75, 3.05) is 22.9 Å². The van der Waals surface area contributed by atoms with E-state index in [-0.39, 0.29) is 11.8 Å². The average Bonchev–Trinajstić information content (AvgIpc) is 2.48. The second-order valence-electron chi connectivity index (χ2n) is 5.03. The van der Waals surface area contributed by atoms with Crippen LogP contribution in [0.15, 0.2) is 48.7 Å². The minimum atomic E-state index is -0.769.